The van der Waals surface area contributed by atoms with Crippen molar-refractivity contribution in [1.29, 1.82) is 0 Å². The monoisotopic (exact) mass is 272 g/mol. The summed E-state index contributed by atoms with van der Waals surface area (Å²) < 4.78 is 5.14. The van der Waals surface area contributed by atoms with E-state index in [2.05, 4.69) is 17.2 Å². The predicted octanol–water partition coefficient (Wildman–Crippen LogP) is 2.96. The van der Waals surface area contributed by atoms with Gasteiger partial charge in [0.15, 0.2) is 0 Å². The van der Waals surface area contributed by atoms with Crippen LogP contribution in [0.25, 0.3) is 0 Å². The molecule has 1 heterocycles. The van der Waals surface area contributed by atoms with Crippen molar-refractivity contribution in [2.24, 2.45) is 0 Å². The zero-order valence-corrected chi connectivity index (χ0v) is 12.1. The molecular formula is C16H20N2O2. The molecule has 1 atom stereocenters. The van der Waals surface area contributed by atoms with Crippen LogP contribution < -0.4 is 10.1 Å². The van der Waals surface area contributed by atoms with Crippen LogP contribution in [0.2, 0.25) is 0 Å². The van der Waals surface area contributed by atoms with E-state index in [1.54, 1.807) is 19.2 Å². The zero-order chi connectivity index (χ0) is 14.5. The van der Waals surface area contributed by atoms with Crippen molar-refractivity contribution in [3.63, 3.8) is 0 Å². The largest absolute Gasteiger partial charge is 0.506 e. The highest BCUT2D eigenvalue weighted by molar-refractivity contribution is 5.30. The number of ether oxygens (including phenoxy) is 1. The first kappa shape index (κ1) is 14.3. The molecule has 0 aliphatic heterocycles. The topological polar surface area (TPSA) is 54.4 Å². The van der Waals surface area contributed by atoms with E-state index >= 15 is 0 Å². The molecule has 1 aromatic carbocycles. The Morgan fingerprint density at radius 2 is 1.90 bits per heavy atom. The first-order chi connectivity index (χ1) is 9.60. The van der Waals surface area contributed by atoms with E-state index in [9.17, 15) is 5.11 Å². The van der Waals surface area contributed by atoms with Crippen LogP contribution in [0.3, 0.4) is 0 Å². The van der Waals surface area contributed by atoms with Crippen LogP contribution in [0.5, 0.6) is 11.5 Å². The molecule has 0 spiro atoms. The molecule has 106 valence electrons. The SMILES string of the molecule is COc1ccc(C(C)NCc2nc(C)ccc2O)cc1. The second-order valence-electron chi connectivity index (χ2n) is 4.79. The highest BCUT2D eigenvalue weighted by Gasteiger charge is 2.08. The van der Waals surface area contributed by atoms with Gasteiger partial charge in [0.05, 0.1) is 12.8 Å². The van der Waals surface area contributed by atoms with Crippen molar-refractivity contribution >= 4 is 0 Å². The molecule has 0 fully saturated rings. The van der Waals surface area contributed by atoms with Crippen molar-refractivity contribution in [2.45, 2.75) is 26.4 Å². The van der Waals surface area contributed by atoms with Gasteiger partial charge in [-0.05, 0) is 43.7 Å². The summed E-state index contributed by atoms with van der Waals surface area (Å²) in [4.78, 5) is 4.33. The minimum Gasteiger partial charge on any atom is -0.506 e. The molecular weight excluding hydrogens is 252 g/mol. The lowest BCUT2D eigenvalue weighted by molar-refractivity contribution is 0.414. The number of methoxy groups -OCH3 is 1. The summed E-state index contributed by atoms with van der Waals surface area (Å²) in [6.45, 7) is 4.52. The second-order valence-corrected chi connectivity index (χ2v) is 4.79. The fourth-order valence-electron chi connectivity index (χ4n) is 1.99. The average molecular weight is 272 g/mol. The molecule has 0 aliphatic carbocycles. The number of nitrogens with zero attached hydrogens (tertiary/aromatic N) is 1. The Morgan fingerprint density at radius 1 is 1.20 bits per heavy atom. The van der Waals surface area contributed by atoms with Crippen LogP contribution in [-0.4, -0.2) is 17.2 Å². The fraction of sp³-hybridized carbons (Fsp3) is 0.312. The third-order valence-electron chi connectivity index (χ3n) is 3.28. The molecule has 0 aliphatic rings. The highest BCUT2D eigenvalue weighted by Crippen LogP contribution is 2.19. The van der Waals surface area contributed by atoms with Crippen LogP contribution in [0, 0.1) is 6.92 Å². The third kappa shape index (κ3) is 3.48. The van der Waals surface area contributed by atoms with E-state index < -0.39 is 0 Å². The minimum absolute atomic E-state index is 0.169. The first-order valence-electron chi connectivity index (χ1n) is 6.63. The molecule has 4 nitrogen and oxygen atoms in total. The Hall–Kier alpha value is -2.07. The van der Waals surface area contributed by atoms with Crippen molar-refractivity contribution in [3.8, 4) is 11.5 Å². The van der Waals surface area contributed by atoms with E-state index in [1.165, 1.54) is 0 Å². The molecule has 0 bridgehead atoms. The van der Waals surface area contributed by atoms with E-state index in [0.29, 0.717) is 12.2 Å². The van der Waals surface area contributed by atoms with Crippen molar-refractivity contribution < 1.29 is 9.84 Å². The van der Waals surface area contributed by atoms with Gasteiger partial charge in [-0.2, -0.15) is 0 Å². The summed E-state index contributed by atoms with van der Waals surface area (Å²) in [5.74, 6) is 1.07. The zero-order valence-electron chi connectivity index (χ0n) is 12.1. The Balaban J connectivity index is 2.00. The summed E-state index contributed by atoms with van der Waals surface area (Å²) in [6, 6.07) is 11.6. The molecule has 20 heavy (non-hydrogen) atoms. The highest BCUT2D eigenvalue weighted by atomic mass is 16.5. The number of hydrogen-bond acceptors (Lipinski definition) is 4. The number of benzene rings is 1. The van der Waals surface area contributed by atoms with Crippen LogP contribution >= 0.6 is 0 Å². The Morgan fingerprint density at radius 3 is 2.55 bits per heavy atom. The molecule has 0 saturated heterocycles. The van der Waals surface area contributed by atoms with Crippen molar-refractivity contribution in [3.05, 3.63) is 53.3 Å². The van der Waals surface area contributed by atoms with E-state index in [1.807, 2.05) is 31.2 Å². The fourth-order valence-corrected chi connectivity index (χ4v) is 1.99. The molecule has 4 heteroatoms. The summed E-state index contributed by atoms with van der Waals surface area (Å²) >= 11 is 0. The first-order valence-corrected chi connectivity index (χ1v) is 6.63. The van der Waals surface area contributed by atoms with Gasteiger partial charge in [-0.3, -0.25) is 4.98 Å². The average Bonchev–Trinajstić information content (AvgIpc) is 2.48. The number of rotatable bonds is 5. The summed E-state index contributed by atoms with van der Waals surface area (Å²) in [6.07, 6.45) is 0. The number of aromatic nitrogens is 1. The molecule has 2 aromatic rings. The van der Waals surface area contributed by atoms with Gasteiger partial charge >= 0.3 is 0 Å². The number of hydrogen-bond donors (Lipinski definition) is 2. The Labute approximate surface area is 119 Å². The van der Waals surface area contributed by atoms with Gasteiger partial charge in [-0.1, -0.05) is 12.1 Å². The molecule has 1 unspecified atom stereocenters. The number of aryl methyl sites for hydroxylation is 1. The van der Waals surface area contributed by atoms with Gasteiger partial charge in [0, 0.05) is 18.3 Å². The van der Waals surface area contributed by atoms with Crippen LogP contribution in [0.4, 0.5) is 0 Å². The molecule has 0 saturated carbocycles. The Bertz CT molecular complexity index is 567. The quantitative estimate of drug-likeness (QED) is 0.878. The lowest BCUT2D eigenvalue weighted by Crippen LogP contribution is -2.19. The maximum Gasteiger partial charge on any atom is 0.138 e. The molecule has 2 rings (SSSR count). The summed E-state index contributed by atoms with van der Waals surface area (Å²) in [5, 5.41) is 13.1. The summed E-state index contributed by atoms with van der Waals surface area (Å²) in [7, 11) is 1.66. The second kappa shape index (κ2) is 6.39. The van der Waals surface area contributed by atoms with Gasteiger partial charge in [0.1, 0.15) is 11.5 Å². The summed E-state index contributed by atoms with van der Waals surface area (Å²) in [5.41, 5.74) is 2.74. The minimum atomic E-state index is 0.169. The van der Waals surface area contributed by atoms with Gasteiger partial charge in [0.25, 0.3) is 0 Å². The lowest BCUT2D eigenvalue weighted by Gasteiger charge is -2.15. The number of nitrogens with one attached hydrogen (secondary N) is 1. The van der Waals surface area contributed by atoms with Crippen molar-refractivity contribution in [2.75, 3.05) is 7.11 Å². The molecule has 0 radical (unpaired) electrons. The normalized spacial score (nSPS) is 12.2. The number of pyridine rings is 1. The van der Waals surface area contributed by atoms with Gasteiger partial charge in [-0.15, -0.1) is 0 Å². The van der Waals surface area contributed by atoms with Gasteiger partial charge in [0.2, 0.25) is 0 Å². The van der Waals surface area contributed by atoms with Crippen LogP contribution in [-0.2, 0) is 6.54 Å². The number of aromatic hydroxyl groups is 1. The molecule has 0 amide bonds. The van der Waals surface area contributed by atoms with E-state index in [0.717, 1.165) is 17.0 Å². The maximum absolute atomic E-state index is 9.77. The van der Waals surface area contributed by atoms with Crippen LogP contribution in [0.15, 0.2) is 36.4 Å². The van der Waals surface area contributed by atoms with Gasteiger partial charge in [-0.25, -0.2) is 0 Å². The van der Waals surface area contributed by atoms with Gasteiger partial charge < -0.3 is 15.2 Å². The molecule has 1 aromatic heterocycles. The van der Waals surface area contributed by atoms with Crippen molar-refractivity contribution in [1.82, 2.24) is 10.3 Å². The maximum atomic E-state index is 9.77. The smallest absolute Gasteiger partial charge is 0.138 e. The predicted molar refractivity (Wildman–Crippen MR) is 78.9 cm³/mol. The standard InChI is InChI=1S/C16H20N2O2/c1-11-4-9-16(19)15(18-11)10-17-12(2)13-5-7-14(20-3)8-6-13/h4-9,12,17,19H,10H2,1-3H3. The third-order valence-corrected chi connectivity index (χ3v) is 3.28. The van der Waals surface area contributed by atoms with Crippen LogP contribution in [0.1, 0.15) is 29.9 Å². The Kier molecular flexibility index (Phi) is 4.58. The van der Waals surface area contributed by atoms with E-state index in [4.69, 9.17) is 4.74 Å². The lowest BCUT2D eigenvalue weighted by atomic mass is 10.1. The van der Waals surface area contributed by atoms with E-state index in [-0.39, 0.29) is 11.8 Å². The molecule has 2 N–H and O–H groups in total.